The number of hydrogen-bond acceptors (Lipinski definition) is 0. The van der Waals surface area contributed by atoms with Crippen molar-refractivity contribution in [3.05, 3.63) is 37.3 Å². The Bertz CT molecular complexity index is 88.1. The van der Waals surface area contributed by atoms with E-state index in [4.69, 9.17) is 0 Å². The Kier molecular flexibility index (Phi) is 43.2. The molecule has 0 aromatic heterocycles. The quantitative estimate of drug-likeness (QED) is 0.364. The van der Waals surface area contributed by atoms with Gasteiger partial charge in [0.05, 0.1) is 0 Å². The van der Waals surface area contributed by atoms with Crippen LogP contribution in [0.25, 0.3) is 0 Å². The first kappa shape index (κ1) is 22.9. The molecule has 1 aromatic carbocycles. The van der Waals surface area contributed by atoms with Gasteiger partial charge in [0.15, 0.2) is 0 Å². The fraction of sp³-hybridized carbons (Fsp3) is 0.333. The van der Waals surface area contributed by atoms with Crippen LogP contribution in [-0.4, -0.2) is 0 Å². The zero-order valence-electron chi connectivity index (χ0n) is 7.26. The van der Waals surface area contributed by atoms with Gasteiger partial charge in [-0.1, -0.05) is 13.3 Å². The molecule has 0 atom stereocenters. The van der Waals surface area contributed by atoms with Crippen molar-refractivity contribution in [3.8, 4) is 0 Å². The van der Waals surface area contributed by atoms with Crippen molar-refractivity contribution in [3.63, 3.8) is 0 Å². The van der Waals surface area contributed by atoms with E-state index in [0.29, 0.717) is 0 Å². The Hall–Kier alpha value is 0.644. The van der Waals surface area contributed by atoms with Gasteiger partial charge in [0.1, 0.15) is 0 Å². The maximum Gasteiger partial charge on any atom is 4.00 e. The van der Waals surface area contributed by atoms with Gasteiger partial charge in [-0.2, -0.15) is 24.6 Å². The summed E-state index contributed by atoms with van der Waals surface area (Å²) >= 11 is 0. The van der Waals surface area contributed by atoms with E-state index in [9.17, 15) is 0 Å². The third-order valence-electron chi connectivity index (χ3n) is 0.909. The molecule has 1 rings (SSSR count). The molecule has 0 unspecified atom stereocenters. The zero-order valence-corrected chi connectivity index (χ0v) is 10.3. The molecule has 0 aliphatic rings. The average molecular weight is 241 g/mol. The number of rotatable bonds is 1. The van der Waals surface area contributed by atoms with Crippen molar-refractivity contribution in [2.45, 2.75) is 19.8 Å². The SMILES string of the molecule is [CH2-]CCC.[Cl-].[Cl-].[Ti+4].c1cc[cH-]c1. The van der Waals surface area contributed by atoms with Crippen LogP contribution in [0.5, 0.6) is 0 Å². The summed E-state index contributed by atoms with van der Waals surface area (Å²) in [7, 11) is 0. The van der Waals surface area contributed by atoms with Gasteiger partial charge in [-0.25, -0.2) is 12.1 Å². The van der Waals surface area contributed by atoms with Crippen molar-refractivity contribution < 1.29 is 46.5 Å². The van der Waals surface area contributed by atoms with Gasteiger partial charge in [-0.3, -0.25) is 0 Å². The first-order valence-electron chi connectivity index (χ1n) is 3.37. The Morgan fingerprint density at radius 1 is 1.17 bits per heavy atom. The fourth-order valence-electron chi connectivity index (χ4n) is 0.321. The molecule has 0 bridgehead atoms. The Morgan fingerprint density at radius 3 is 1.58 bits per heavy atom. The smallest absolute Gasteiger partial charge is 1.00 e. The summed E-state index contributed by atoms with van der Waals surface area (Å²) in [6.07, 6.45) is 2.28. The Balaban J connectivity index is -0.0000000436. The Labute approximate surface area is 103 Å². The van der Waals surface area contributed by atoms with Crippen LogP contribution in [0.3, 0.4) is 0 Å². The predicted octanol–water partition coefficient (Wildman–Crippen LogP) is -2.97. The normalized spacial score (nSPS) is 5.83. The van der Waals surface area contributed by atoms with E-state index >= 15 is 0 Å². The van der Waals surface area contributed by atoms with Gasteiger partial charge in [-0.05, 0) is 0 Å². The molecule has 0 fully saturated rings. The standard InChI is InChI=1S/C5H5.C4H9.2ClH.Ti/c1-2-4-5-3-1;1-3-4-2;;;/h1-5H;1,3-4H2,2H3;2*1H;/q2*-1;;;+4/p-2. The van der Waals surface area contributed by atoms with Crippen molar-refractivity contribution >= 4 is 0 Å². The van der Waals surface area contributed by atoms with Gasteiger partial charge >= 0.3 is 21.7 Å². The van der Waals surface area contributed by atoms with Crippen LogP contribution in [0, 0.1) is 6.92 Å². The van der Waals surface area contributed by atoms with E-state index in [-0.39, 0.29) is 46.5 Å². The average Bonchev–Trinajstić information content (AvgIpc) is 2.43. The molecule has 1 aromatic rings. The largest absolute Gasteiger partial charge is 4.00 e. The minimum Gasteiger partial charge on any atom is -1.00 e. The van der Waals surface area contributed by atoms with Crippen molar-refractivity contribution in [2.24, 2.45) is 0 Å². The third kappa shape index (κ3) is 22.4. The second-order valence-corrected chi connectivity index (χ2v) is 1.82. The van der Waals surface area contributed by atoms with E-state index in [1.807, 2.05) is 30.3 Å². The second kappa shape index (κ2) is 22.6. The molecule has 68 valence electrons. The summed E-state index contributed by atoms with van der Waals surface area (Å²) in [4.78, 5) is 0. The summed E-state index contributed by atoms with van der Waals surface area (Å²) in [5.74, 6) is 0. The summed E-state index contributed by atoms with van der Waals surface area (Å²) < 4.78 is 0. The second-order valence-electron chi connectivity index (χ2n) is 1.82. The molecular weight excluding hydrogens is 227 g/mol. The van der Waals surface area contributed by atoms with Crippen molar-refractivity contribution in [1.82, 2.24) is 0 Å². The van der Waals surface area contributed by atoms with Crippen LogP contribution in [0.1, 0.15) is 19.8 Å². The molecule has 0 amide bonds. The van der Waals surface area contributed by atoms with E-state index in [2.05, 4.69) is 13.8 Å². The van der Waals surface area contributed by atoms with Gasteiger partial charge in [0.2, 0.25) is 0 Å². The zero-order chi connectivity index (χ0) is 6.95. The Morgan fingerprint density at radius 2 is 1.50 bits per heavy atom. The molecular formula is C9H14Cl2Ti. The monoisotopic (exact) mass is 240 g/mol. The number of unbranched alkanes of at least 4 members (excludes halogenated alkanes) is 1. The van der Waals surface area contributed by atoms with E-state index < -0.39 is 0 Å². The van der Waals surface area contributed by atoms with Crippen molar-refractivity contribution in [1.29, 1.82) is 0 Å². The summed E-state index contributed by atoms with van der Waals surface area (Å²) in [5.41, 5.74) is 0. The van der Waals surface area contributed by atoms with Gasteiger partial charge in [0, 0.05) is 0 Å². The molecule has 12 heavy (non-hydrogen) atoms. The molecule has 0 saturated carbocycles. The summed E-state index contributed by atoms with van der Waals surface area (Å²) in [6.45, 7) is 5.72. The molecule has 0 nitrogen and oxygen atoms in total. The summed E-state index contributed by atoms with van der Waals surface area (Å²) in [6, 6.07) is 10.0. The van der Waals surface area contributed by atoms with Crippen LogP contribution >= 0.6 is 0 Å². The van der Waals surface area contributed by atoms with Crippen LogP contribution in [0.4, 0.5) is 0 Å². The third-order valence-corrected chi connectivity index (χ3v) is 0.909. The van der Waals surface area contributed by atoms with Gasteiger partial charge in [-0.15, -0.1) is 0 Å². The fourth-order valence-corrected chi connectivity index (χ4v) is 0.321. The molecule has 0 spiro atoms. The molecule has 0 N–H and O–H groups in total. The van der Waals surface area contributed by atoms with E-state index in [1.165, 1.54) is 6.42 Å². The minimum absolute atomic E-state index is 0. The number of halogens is 2. The maximum atomic E-state index is 3.60. The maximum absolute atomic E-state index is 3.60. The molecule has 3 heteroatoms. The topological polar surface area (TPSA) is 0 Å². The van der Waals surface area contributed by atoms with E-state index in [1.54, 1.807) is 0 Å². The predicted molar refractivity (Wildman–Crippen MR) is 42.3 cm³/mol. The molecule has 0 radical (unpaired) electrons. The molecule has 0 saturated heterocycles. The molecule has 0 aliphatic heterocycles. The first-order chi connectivity index (χ1) is 4.41. The van der Waals surface area contributed by atoms with Crippen LogP contribution in [-0.2, 0) is 21.7 Å². The van der Waals surface area contributed by atoms with Crippen LogP contribution in [0.15, 0.2) is 30.3 Å². The van der Waals surface area contributed by atoms with Gasteiger partial charge in [0.25, 0.3) is 0 Å². The van der Waals surface area contributed by atoms with Crippen molar-refractivity contribution in [2.75, 3.05) is 0 Å². The first-order valence-corrected chi connectivity index (χ1v) is 3.37. The van der Waals surface area contributed by atoms with Crippen LogP contribution < -0.4 is 24.8 Å². The van der Waals surface area contributed by atoms with E-state index in [0.717, 1.165) is 6.42 Å². The molecule has 0 heterocycles. The number of hydrogen-bond donors (Lipinski definition) is 0. The minimum atomic E-state index is 0. The van der Waals surface area contributed by atoms with Gasteiger partial charge < -0.3 is 31.7 Å². The summed E-state index contributed by atoms with van der Waals surface area (Å²) in [5, 5.41) is 0. The van der Waals surface area contributed by atoms with Crippen LogP contribution in [0.2, 0.25) is 0 Å². The molecule has 0 aliphatic carbocycles.